The summed E-state index contributed by atoms with van der Waals surface area (Å²) in [7, 11) is 0. The summed E-state index contributed by atoms with van der Waals surface area (Å²) in [5.41, 5.74) is 2.63. The van der Waals surface area contributed by atoms with Crippen LogP contribution in [0, 0.1) is 39.4 Å². The standard InChI is InChI=1S/C20H28O/c1-17(2)6-5-7-18(3)14(17)9-16(21)20-10-13-12(8-15(18)20)19(13,4)11-20/h9,12-13,15H,5-8,10-11H2,1-4H3/t12-,13+,15+,18-,19-,20-/m1/s1. The number of hydrogen-bond donors (Lipinski definition) is 0. The molecule has 1 heteroatoms. The molecule has 4 bridgehead atoms. The van der Waals surface area contributed by atoms with Crippen molar-refractivity contribution in [3.05, 3.63) is 11.6 Å². The summed E-state index contributed by atoms with van der Waals surface area (Å²) in [5, 5.41) is 0. The minimum atomic E-state index is 0.0415. The fraction of sp³-hybridized carbons (Fsp3) is 0.850. The number of fused-ring (bicyclic) bond motifs is 1. The highest BCUT2D eigenvalue weighted by atomic mass is 16.1. The molecule has 0 amide bonds. The molecule has 6 aliphatic carbocycles. The van der Waals surface area contributed by atoms with Crippen LogP contribution >= 0.6 is 0 Å². The van der Waals surface area contributed by atoms with Crippen LogP contribution in [0.4, 0.5) is 0 Å². The fourth-order valence-corrected chi connectivity index (χ4v) is 7.89. The van der Waals surface area contributed by atoms with Gasteiger partial charge in [0.25, 0.3) is 0 Å². The third-order valence-electron chi connectivity index (χ3n) is 8.89. The van der Waals surface area contributed by atoms with Gasteiger partial charge in [-0.25, -0.2) is 0 Å². The molecule has 0 unspecified atom stereocenters. The molecule has 6 aliphatic rings. The van der Waals surface area contributed by atoms with Gasteiger partial charge in [0.2, 0.25) is 0 Å². The second-order valence-electron chi connectivity index (χ2n) is 10.1. The number of carbonyl (C=O) groups is 1. The van der Waals surface area contributed by atoms with Gasteiger partial charge >= 0.3 is 0 Å². The van der Waals surface area contributed by atoms with Gasteiger partial charge in [0.15, 0.2) is 5.78 Å². The fourth-order valence-electron chi connectivity index (χ4n) is 7.89. The molecule has 0 N–H and O–H groups in total. The molecule has 0 saturated heterocycles. The molecule has 0 aromatic heterocycles. The summed E-state index contributed by atoms with van der Waals surface area (Å²) in [4.78, 5) is 13.2. The lowest BCUT2D eigenvalue weighted by Gasteiger charge is -2.60. The van der Waals surface area contributed by atoms with Crippen LogP contribution in [0.1, 0.15) is 66.2 Å². The van der Waals surface area contributed by atoms with Crippen LogP contribution in [0.25, 0.3) is 0 Å². The molecule has 1 spiro atoms. The van der Waals surface area contributed by atoms with Gasteiger partial charge in [0.1, 0.15) is 0 Å². The van der Waals surface area contributed by atoms with E-state index in [-0.39, 0.29) is 10.8 Å². The van der Waals surface area contributed by atoms with Crippen LogP contribution in [-0.2, 0) is 4.79 Å². The summed E-state index contributed by atoms with van der Waals surface area (Å²) in [6.45, 7) is 9.72. The predicted molar refractivity (Wildman–Crippen MR) is 83.7 cm³/mol. The third kappa shape index (κ3) is 1.19. The molecule has 114 valence electrons. The monoisotopic (exact) mass is 284 g/mol. The Morgan fingerprint density at radius 1 is 1.10 bits per heavy atom. The van der Waals surface area contributed by atoms with E-state index in [1.54, 1.807) is 0 Å². The summed E-state index contributed by atoms with van der Waals surface area (Å²) in [5.74, 6) is 2.99. The lowest BCUT2D eigenvalue weighted by Crippen LogP contribution is -2.56. The van der Waals surface area contributed by atoms with Crippen molar-refractivity contribution in [1.82, 2.24) is 0 Å². The maximum Gasteiger partial charge on any atom is 0.162 e. The number of allylic oxidation sites excluding steroid dienone is 2. The van der Waals surface area contributed by atoms with E-state index < -0.39 is 0 Å². The van der Waals surface area contributed by atoms with Crippen molar-refractivity contribution in [2.45, 2.75) is 66.2 Å². The summed E-state index contributed by atoms with van der Waals surface area (Å²) >= 11 is 0. The molecule has 0 radical (unpaired) electrons. The Morgan fingerprint density at radius 3 is 2.52 bits per heavy atom. The second-order valence-corrected chi connectivity index (χ2v) is 10.1. The highest BCUT2D eigenvalue weighted by Gasteiger charge is 2.79. The van der Waals surface area contributed by atoms with Crippen molar-refractivity contribution in [1.29, 1.82) is 0 Å². The Labute approximate surface area is 128 Å². The SMILES string of the molecule is CC1(C)CCC[C@]2(C)C1=CC(=O)[C@@]13C[C@H]4[C@@H](C[C@H]12)[C@@]4(C)C3. The van der Waals surface area contributed by atoms with Crippen LogP contribution < -0.4 is 0 Å². The normalized spacial score (nSPS) is 59.1. The first kappa shape index (κ1) is 12.9. The highest BCUT2D eigenvalue weighted by Crippen LogP contribution is 2.84. The first-order valence-electron chi connectivity index (χ1n) is 9.01. The van der Waals surface area contributed by atoms with E-state index >= 15 is 0 Å². The number of hydrogen-bond acceptors (Lipinski definition) is 1. The molecule has 1 nitrogen and oxygen atoms in total. The van der Waals surface area contributed by atoms with E-state index in [1.807, 2.05) is 0 Å². The summed E-state index contributed by atoms with van der Waals surface area (Å²) in [6.07, 6.45) is 9.82. The van der Waals surface area contributed by atoms with Crippen molar-refractivity contribution < 1.29 is 4.79 Å². The van der Waals surface area contributed by atoms with Crippen molar-refractivity contribution in [2.24, 2.45) is 39.4 Å². The zero-order chi connectivity index (χ0) is 14.8. The van der Waals surface area contributed by atoms with Crippen LogP contribution in [0.2, 0.25) is 0 Å². The van der Waals surface area contributed by atoms with Crippen LogP contribution in [0.5, 0.6) is 0 Å². The van der Waals surface area contributed by atoms with E-state index in [0.717, 1.165) is 11.8 Å². The van der Waals surface area contributed by atoms with Gasteiger partial charge in [-0.3, -0.25) is 4.79 Å². The Morgan fingerprint density at radius 2 is 1.86 bits per heavy atom. The van der Waals surface area contributed by atoms with Gasteiger partial charge in [-0.05, 0) is 72.2 Å². The molecule has 0 aromatic rings. The molecule has 5 saturated carbocycles. The Bertz CT molecular complexity index is 599. The summed E-state index contributed by atoms with van der Waals surface area (Å²) in [6, 6.07) is 0. The van der Waals surface area contributed by atoms with Gasteiger partial charge in [-0.15, -0.1) is 0 Å². The summed E-state index contributed by atoms with van der Waals surface area (Å²) < 4.78 is 0. The average molecular weight is 284 g/mol. The third-order valence-corrected chi connectivity index (χ3v) is 8.89. The Hall–Kier alpha value is -0.590. The van der Waals surface area contributed by atoms with E-state index in [1.165, 1.54) is 44.1 Å². The molecular formula is C20H28O. The first-order chi connectivity index (χ1) is 9.74. The molecule has 6 rings (SSSR count). The van der Waals surface area contributed by atoms with E-state index in [9.17, 15) is 4.79 Å². The van der Waals surface area contributed by atoms with Gasteiger partial charge < -0.3 is 0 Å². The zero-order valence-electron chi connectivity index (χ0n) is 14.0. The van der Waals surface area contributed by atoms with Crippen molar-refractivity contribution in [3.8, 4) is 0 Å². The van der Waals surface area contributed by atoms with Crippen LogP contribution in [0.3, 0.4) is 0 Å². The van der Waals surface area contributed by atoms with Crippen molar-refractivity contribution in [3.63, 3.8) is 0 Å². The molecule has 21 heavy (non-hydrogen) atoms. The lowest BCUT2D eigenvalue weighted by atomic mass is 9.43. The average Bonchev–Trinajstić information content (AvgIpc) is 2.84. The van der Waals surface area contributed by atoms with Crippen LogP contribution in [0.15, 0.2) is 11.6 Å². The first-order valence-corrected chi connectivity index (χ1v) is 9.01. The molecular weight excluding hydrogens is 256 g/mol. The molecule has 0 aromatic carbocycles. The topological polar surface area (TPSA) is 17.1 Å². The molecule has 6 atom stereocenters. The largest absolute Gasteiger partial charge is 0.294 e. The predicted octanol–water partition coefficient (Wildman–Crippen LogP) is 4.76. The van der Waals surface area contributed by atoms with Crippen molar-refractivity contribution >= 4 is 5.78 Å². The highest BCUT2D eigenvalue weighted by molar-refractivity contribution is 5.98. The maximum atomic E-state index is 13.2. The van der Waals surface area contributed by atoms with Crippen LogP contribution in [-0.4, -0.2) is 5.78 Å². The number of ketones is 1. The van der Waals surface area contributed by atoms with Gasteiger partial charge in [-0.1, -0.05) is 39.7 Å². The lowest BCUT2D eigenvalue weighted by molar-refractivity contribution is -0.140. The molecule has 0 heterocycles. The minimum Gasteiger partial charge on any atom is -0.294 e. The second kappa shape index (κ2) is 3.19. The van der Waals surface area contributed by atoms with E-state index in [2.05, 4.69) is 33.8 Å². The maximum absolute atomic E-state index is 13.2. The minimum absolute atomic E-state index is 0.0415. The van der Waals surface area contributed by atoms with Gasteiger partial charge in [-0.2, -0.15) is 0 Å². The zero-order valence-corrected chi connectivity index (χ0v) is 14.0. The quantitative estimate of drug-likeness (QED) is 0.626. The van der Waals surface area contributed by atoms with E-state index in [4.69, 9.17) is 0 Å². The number of carbonyl (C=O) groups excluding carboxylic acids is 1. The molecule has 0 aliphatic heterocycles. The number of rotatable bonds is 0. The van der Waals surface area contributed by atoms with Crippen molar-refractivity contribution in [2.75, 3.05) is 0 Å². The van der Waals surface area contributed by atoms with E-state index in [0.29, 0.717) is 22.5 Å². The Balaban J connectivity index is 1.69. The smallest absolute Gasteiger partial charge is 0.162 e. The van der Waals surface area contributed by atoms with Gasteiger partial charge in [0, 0.05) is 5.41 Å². The Kier molecular flexibility index (Phi) is 1.96. The molecule has 5 fully saturated rings. The van der Waals surface area contributed by atoms with Gasteiger partial charge in [0.05, 0.1) is 0 Å².